The summed E-state index contributed by atoms with van der Waals surface area (Å²) in [7, 11) is 3.67. The van der Waals surface area contributed by atoms with Crippen molar-refractivity contribution in [3.63, 3.8) is 0 Å². The van der Waals surface area contributed by atoms with Crippen molar-refractivity contribution in [2.45, 2.75) is 19.4 Å². The van der Waals surface area contributed by atoms with Gasteiger partial charge in [-0.2, -0.15) is 5.10 Å². The number of aryl methyl sites for hydroxylation is 1. The SMILES string of the molecule is CCC1CN(c2ncnc3c2cnn3C)CCN1CCOC. The second kappa shape index (κ2) is 6.58. The maximum Gasteiger partial charge on any atom is 0.163 e. The minimum absolute atomic E-state index is 0.533. The molecular weight excluding hydrogens is 280 g/mol. The average molecular weight is 304 g/mol. The number of nitrogens with zero attached hydrogens (tertiary/aromatic N) is 6. The lowest BCUT2D eigenvalue weighted by molar-refractivity contribution is 0.109. The number of ether oxygens (including phenoxy) is 1. The maximum absolute atomic E-state index is 5.22. The highest BCUT2D eigenvalue weighted by atomic mass is 16.5. The summed E-state index contributed by atoms with van der Waals surface area (Å²) in [6.45, 7) is 7.02. The fourth-order valence-electron chi connectivity index (χ4n) is 3.18. The highest BCUT2D eigenvalue weighted by Gasteiger charge is 2.27. The molecule has 0 amide bonds. The molecule has 1 aliphatic rings. The van der Waals surface area contributed by atoms with E-state index in [1.807, 2.05) is 13.2 Å². The van der Waals surface area contributed by atoms with Crippen molar-refractivity contribution < 1.29 is 4.74 Å². The van der Waals surface area contributed by atoms with Crippen LogP contribution in [0.15, 0.2) is 12.5 Å². The molecule has 120 valence electrons. The van der Waals surface area contributed by atoms with Crippen LogP contribution in [0.1, 0.15) is 13.3 Å². The van der Waals surface area contributed by atoms with Crippen LogP contribution in [0.3, 0.4) is 0 Å². The number of rotatable bonds is 5. The monoisotopic (exact) mass is 304 g/mol. The minimum atomic E-state index is 0.533. The van der Waals surface area contributed by atoms with Crippen LogP contribution >= 0.6 is 0 Å². The first-order chi connectivity index (χ1) is 10.7. The molecule has 0 aliphatic carbocycles. The van der Waals surface area contributed by atoms with Crippen molar-refractivity contribution in [2.75, 3.05) is 44.8 Å². The third kappa shape index (κ3) is 2.78. The Balaban J connectivity index is 1.81. The van der Waals surface area contributed by atoms with Crippen molar-refractivity contribution in [3.8, 4) is 0 Å². The Bertz CT molecular complexity index is 628. The summed E-state index contributed by atoms with van der Waals surface area (Å²) in [5.74, 6) is 1.00. The summed E-state index contributed by atoms with van der Waals surface area (Å²) >= 11 is 0. The molecule has 1 aliphatic heterocycles. The van der Waals surface area contributed by atoms with Crippen molar-refractivity contribution in [1.82, 2.24) is 24.6 Å². The molecule has 1 unspecified atom stereocenters. The molecule has 1 atom stereocenters. The van der Waals surface area contributed by atoms with Gasteiger partial charge in [0.15, 0.2) is 5.65 Å². The summed E-state index contributed by atoms with van der Waals surface area (Å²) < 4.78 is 7.02. The Morgan fingerprint density at radius 3 is 2.95 bits per heavy atom. The molecule has 0 bridgehead atoms. The Hall–Kier alpha value is -1.73. The standard InChI is InChI=1S/C15H24N6O/c1-4-12-10-21(6-5-20(12)7-8-22-3)15-13-9-18-19(2)14(13)16-11-17-15/h9,11-12H,4-8,10H2,1-3H3. The van der Waals surface area contributed by atoms with Crippen LogP contribution in [-0.4, -0.2) is 70.6 Å². The van der Waals surface area contributed by atoms with Gasteiger partial charge in [0.25, 0.3) is 0 Å². The highest BCUT2D eigenvalue weighted by molar-refractivity contribution is 5.86. The number of fused-ring (bicyclic) bond motifs is 1. The fraction of sp³-hybridized carbons (Fsp3) is 0.667. The van der Waals surface area contributed by atoms with Crippen LogP contribution in [0, 0.1) is 0 Å². The molecule has 2 aromatic rings. The zero-order valence-corrected chi connectivity index (χ0v) is 13.6. The molecule has 3 rings (SSSR count). The van der Waals surface area contributed by atoms with E-state index in [2.05, 4.69) is 31.8 Å². The predicted molar refractivity (Wildman–Crippen MR) is 86.0 cm³/mol. The van der Waals surface area contributed by atoms with Gasteiger partial charge in [-0.25, -0.2) is 9.97 Å². The predicted octanol–water partition coefficient (Wildman–Crippen LogP) is 0.910. The molecule has 7 heteroatoms. The molecule has 1 fully saturated rings. The van der Waals surface area contributed by atoms with Crippen molar-refractivity contribution in [1.29, 1.82) is 0 Å². The van der Waals surface area contributed by atoms with Crippen LogP contribution in [0.4, 0.5) is 5.82 Å². The third-order valence-electron chi connectivity index (χ3n) is 4.47. The molecule has 0 radical (unpaired) electrons. The van der Waals surface area contributed by atoms with Crippen LogP contribution in [0.5, 0.6) is 0 Å². The van der Waals surface area contributed by atoms with Gasteiger partial charge in [0.2, 0.25) is 0 Å². The summed E-state index contributed by atoms with van der Waals surface area (Å²) in [6.07, 6.45) is 4.63. The number of piperazine rings is 1. The van der Waals surface area contributed by atoms with E-state index in [0.717, 1.165) is 56.1 Å². The Kier molecular flexibility index (Phi) is 4.54. The van der Waals surface area contributed by atoms with Crippen LogP contribution < -0.4 is 4.90 Å². The van der Waals surface area contributed by atoms with E-state index in [1.54, 1.807) is 18.1 Å². The highest BCUT2D eigenvalue weighted by Crippen LogP contribution is 2.25. The zero-order valence-electron chi connectivity index (χ0n) is 13.6. The first-order valence-electron chi connectivity index (χ1n) is 7.85. The average Bonchev–Trinajstić information content (AvgIpc) is 2.94. The number of hydrogen-bond donors (Lipinski definition) is 0. The third-order valence-corrected chi connectivity index (χ3v) is 4.47. The van der Waals surface area contributed by atoms with Crippen molar-refractivity contribution >= 4 is 16.9 Å². The van der Waals surface area contributed by atoms with E-state index < -0.39 is 0 Å². The number of hydrogen-bond acceptors (Lipinski definition) is 6. The summed E-state index contributed by atoms with van der Waals surface area (Å²) in [5.41, 5.74) is 0.889. The second-order valence-corrected chi connectivity index (χ2v) is 5.74. The van der Waals surface area contributed by atoms with E-state index in [4.69, 9.17) is 4.74 Å². The zero-order chi connectivity index (χ0) is 15.5. The van der Waals surface area contributed by atoms with Crippen LogP contribution in [-0.2, 0) is 11.8 Å². The summed E-state index contributed by atoms with van der Waals surface area (Å²) in [5, 5.41) is 5.34. The van der Waals surface area contributed by atoms with Crippen LogP contribution in [0.2, 0.25) is 0 Å². The topological polar surface area (TPSA) is 59.3 Å². The Labute approximate surface area is 130 Å². The molecule has 0 spiro atoms. The minimum Gasteiger partial charge on any atom is -0.383 e. The molecular formula is C15H24N6O. The first-order valence-corrected chi connectivity index (χ1v) is 7.85. The van der Waals surface area contributed by atoms with Gasteiger partial charge in [0.05, 0.1) is 18.2 Å². The molecule has 2 aromatic heterocycles. The summed E-state index contributed by atoms with van der Waals surface area (Å²) in [6, 6.07) is 0.533. The molecule has 7 nitrogen and oxygen atoms in total. The lowest BCUT2D eigenvalue weighted by atomic mass is 10.1. The molecule has 3 heterocycles. The van der Waals surface area contributed by atoms with Gasteiger partial charge in [-0.15, -0.1) is 0 Å². The Morgan fingerprint density at radius 1 is 1.32 bits per heavy atom. The summed E-state index contributed by atoms with van der Waals surface area (Å²) in [4.78, 5) is 13.7. The van der Waals surface area contributed by atoms with E-state index in [9.17, 15) is 0 Å². The van der Waals surface area contributed by atoms with Gasteiger partial charge >= 0.3 is 0 Å². The van der Waals surface area contributed by atoms with E-state index >= 15 is 0 Å². The second-order valence-electron chi connectivity index (χ2n) is 5.74. The molecule has 22 heavy (non-hydrogen) atoms. The van der Waals surface area contributed by atoms with Crippen molar-refractivity contribution in [2.24, 2.45) is 7.05 Å². The van der Waals surface area contributed by atoms with E-state index in [-0.39, 0.29) is 0 Å². The first kappa shape index (κ1) is 15.2. The van der Waals surface area contributed by atoms with Gasteiger partial charge in [-0.1, -0.05) is 6.92 Å². The largest absolute Gasteiger partial charge is 0.383 e. The molecule has 0 N–H and O–H groups in total. The lowest BCUT2D eigenvalue weighted by Gasteiger charge is -2.41. The number of aromatic nitrogens is 4. The van der Waals surface area contributed by atoms with Gasteiger partial charge < -0.3 is 9.64 Å². The molecule has 0 saturated carbocycles. The van der Waals surface area contributed by atoms with Crippen molar-refractivity contribution in [3.05, 3.63) is 12.5 Å². The van der Waals surface area contributed by atoms with Gasteiger partial charge in [-0.05, 0) is 6.42 Å². The van der Waals surface area contributed by atoms with Gasteiger partial charge in [0.1, 0.15) is 12.1 Å². The van der Waals surface area contributed by atoms with Gasteiger partial charge in [0, 0.05) is 46.4 Å². The number of anilines is 1. The normalized spacial score (nSPS) is 20.0. The Morgan fingerprint density at radius 2 is 2.18 bits per heavy atom. The fourth-order valence-corrected chi connectivity index (χ4v) is 3.18. The van der Waals surface area contributed by atoms with Crippen LogP contribution in [0.25, 0.3) is 11.0 Å². The quantitative estimate of drug-likeness (QED) is 0.818. The smallest absolute Gasteiger partial charge is 0.163 e. The number of methoxy groups -OCH3 is 1. The van der Waals surface area contributed by atoms with E-state index in [0.29, 0.717) is 6.04 Å². The lowest BCUT2D eigenvalue weighted by Crippen LogP contribution is -2.54. The molecule has 1 saturated heterocycles. The molecule has 0 aromatic carbocycles. The van der Waals surface area contributed by atoms with E-state index in [1.165, 1.54) is 0 Å². The maximum atomic E-state index is 5.22. The van der Waals surface area contributed by atoms with Gasteiger partial charge in [-0.3, -0.25) is 9.58 Å².